The number of carbonyl (C=O) groups is 1. The van der Waals surface area contributed by atoms with E-state index in [1.165, 1.54) is 0 Å². The molecule has 1 aromatic heterocycles. The largest absolute Gasteiger partial charge is 0.321 e. The van der Waals surface area contributed by atoms with E-state index in [-0.39, 0.29) is 5.91 Å². The van der Waals surface area contributed by atoms with Gasteiger partial charge in [0.05, 0.1) is 0 Å². The Kier molecular flexibility index (Phi) is 2.61. The van der Waals surface area contributed by atoms with E-state index >= 15 is 0 Å². The van der Waals surface area contributed by atoms with Crippen molar-refractivity contribution >= 4 is 34.8 Å². The number of pyridine rings is 1. The molecule has 0 unspecified atom stereocenters. The van der Waals surface area contributed by atoms with Crippen molar-refractivity contribution in [3.63, 3.8) is 0 Å². The van der Waals surface area contributed by atoms with Gasteiger partial charge in [-0.2, -0.15) is 0 Å². The summed E-state index contributed by atoms with van der Waals surface area (Å²) in [4.78, 5) is 15.9. The predicted molar refractivity (Wildman–Crippen MR) is 72.2 cm³/mol. The highest BCUT2D eigenvalue weighted by atomic mass is 35.5. The first kappa shape index (κ1) is 11.0. The summed E-state index contributed by atoms with van der Waals surface area (Å²) in [7, 11) is 0. The minimum Gasteiger partial charge on any atom is -0.321 e. The first-order chi connectivity index (χ1) is 8.74. The summed E-state index contributed by atoms with van der Waals surface area (Å²) in [5, 5.41) is 3.42. The third-order valence-corrected chi connectivity index (χ3v) is 3.00. The number of amides is 1. The van der Waals surface area contributed by atoms with E-state index in [0.29, 0.717) is 10.6 Å². The topological polar surface area (TPSA) is 42.0 Å². The Morgan fingerprint density at radius 3 is 2.94 bits per heavy atom. The molecule has 1 aliphatic heterocycles. The number of anilines is 1. The van der Waals surface area contributed by atoms with Crippen molar-refractivity contribution in [1.82, 2.24) is 4.98 Å². The maximum atomic E-state index is 11.9. The number of halogens is 1. The van der Waals surface area contributed by atoms with Crippen molar-refractivity contribution in [2.75, 3.05) is 5.32 Å². The van der Waals surface area contributed by atoms with Gasteiger partial charge in [0, 0.05) is 34.2 Å². The van der Waals surface area contributed by atoms with Gasteiger partial charge in [-0.3, -0.25) is 9.78 Å². The molecule has 18 heavy (non-hydrogen) atoms. The first-order valence-corrected chi connectivity index (χ1v) is 5.85. The van der Waals surface area contributed by atoms with Crippen LogP contribution in [-0.4, -0.2) is 10.9 Å². The lowest BCUT2D eigenvalue weighted by Gasteiger charge is -1.99. The van der Waals surface area contributed by atoms with Crippen LogP contribution in [0.1, 0.15) is 11.1 Å². The summed E-state index contributed by atoms with van der Waals surface area (Å²) in [5.74, 6) is -0.115. The van der Waals surface area contributed by atoms with Crippen LogP contribution in [0.4, 0.5) is 5.69 Å². The Labute approximate surface area is 109 Å². The van der Waals surface area contributed by atoms with Crippen molar-refractivity contribution in [2.45, 2.75) is 0 Å². The molecule has 1 aromatic carbocycles. The van der Waals surface area contributed by atoms with Gasteiger partial charge >= 0.3 is 0 Å². The van der Waals surface area contributed by atoms with Crippen LogP contribution in [0.25, 0.3) is 11.6 Å². The lowest BCUT2D eigenvalue weighted by molar-refractivity contribution is -0.110. The van der Waals surface area contributed by atoms with Gasteiger partial charge in [0.2, 0.25) is 0 Å². The molecule has 1 aliphatic rings. The second-order valence-corrected chi connectivity index (χ2v) is 4.42. The summed E-state index contributed by atoms with van der Waals surface area (Å²) in [6.45, 7) is 0. The van der Waals surface area contributed by atoms with Crippen LogP contribution in [0.3, 0.4) is 0 Å². The van der Waals surface area contributed by atoms with Gasteiger partial charge < -0.3 is 5.32 Å². The zero-order valence-electron chi connectivity index (χ0n) is 9.35. The fourth-order valence-electron chi connectivity index (χ4n) is 1.93. The quantitative estimate of drug-likeness (QED) is 0.796. The highest BCUT2D eigenvalue weighted by Gasteiger charge is 2.23. The van der Waals surface area contributed by atoms with Gasteiger partial charge in [0.25, 0.3) is 5.91 Å². The molecule has 2 heterocycles. The van der Waals surface area contributed by atoms with Crippen LogP contribution >= 0.6 is 11.6 Å². The average molecular weight is 257 g/mol. The second kappa shape index (κ2) is 4.27. The van der Waals surface area contributed by atoms with Crippen molar-refractivity contribution < 1.29 is 4.79 Å². The Morgan fingerprint density at radius 1 is 1.28 bits per heavy atom. The van der Waals surface area contributed by atoms with Gasteiger partial charge in [-0.05, 0) is 35.9 Å². The Morgan fingerprint density at radius 2 is 2.17 bits per heavy atom. The molecular formula is C14H9ClN2O. The lowest BCUT2D eigenvalue weighted by Crippen LogP contribution is -2.03. The molecule has 88 valence electrons. The van der Waals surface area contributed by atoms with E-state index in [2.05, 4.69) is 10.3 Å². The van der Waals surface area contributed by atoms with Crippen molar-refractivity contribution in [2.24, 2.45) is 0 Å². The molecule has 0 atom stereocenters. The van der Waals surface area contributed by atoms with Crippen molar-refractivity contribution in [3.05, 3.63) is 58.9 Å². The Hall–Kier alpha value is -2.13. The van der Waals surface area contributed by atoms with Crippen molar-refractivity contribution in [3.8, 4) is 0 Å². The van der Waals surface area contributed by atoms with Gasteiger partial charge in [-0.25, -0.2) is 0 Å². The number of nitrogens with one attached hydrogen (secondary N) is 1. The molecule has 0 spiro atoms. The maximum Gasteiger partial charge on any atom is 0.256 e. The van der Waals surface area contributed by atoms with E-state index in [1.807, 2.05) is 18.2 Å². The summed E-state index contributed by atoms with van der Waals surface area (Å²) >= 11 is 5.96. The number of rotatable bonds is 1. The van der Waals surface area contributed by atoms with E-state index in [9.17, 15) is 4.79 Å². The number of hydrogen-bond acceptors (Lipinski definition) is 2. The summed E-state index contributed by atoms with van der Waals surface area (Å²) in [6, 6.07) is 9.08. The van der Waals surface area contributed by atoms with Crippen LogP contribution in [0, 0.1) is 0 Å². The van der Waals surface area contributed by atoms with Crippen LogP contribution in [0.5, 0.6) is 0 Å². The first-order valence-electron chi connectivity index (χ1n) is 5.47. The number of nitrogens with zero attached hydrogens (tertiary/aromatic N) is 1. The molecule has 0 saturated carbocycles. The number of aromatic nitrogens is 1. The van der Waals surface area contributed by atoms with Crippen LogP contribution < -0.4 is 5.32 Å². The monoisotopic (exact) mass is 256 g/mol. The normalized spacial score (nSPS) is 15.6. The van der Waals surface area contributed by atoms with E-state index in [0.717, 1.165) is 16.8 Å². The second-order valence-electron chi connectivity index (χ2n) is 3.99. The highest BCUT2D eigenvalue weighted by molar-refractivity contribution is 6.36. The molecule has 1 N–H and O–H groups in total. The smallest absolute Gasteiger partial charge is 0.256 e. The van der Waals surface area contributed by atoms with E-state index < -0.39 is 0 Å². The van der Waals surface area contributed by atoms with Crippen LogP contribution in [0.15, 0.2) is 42.7 Å². The molecule has 2 aromatic rings. The molecule has 3 nitrogen and oxygen atoms in total. The molecular weight excluding hydrogens is 248 g/mol. The fraction of sp³-hybridized carbons (Fsp3) is 0. The fourth-order valence-corrected chi connectivity index (χ4v) is 2.10. The molecule has 1 amide bonds. The predicted octanol–water partition coefficient (Wildman–Crippen LogP) is 3.23. The minimum atomic E-state index is -0.115. The molecule has 0 saturated heterocycles. The van der Waals surface area contributed by atoms with Gasteiger partial charge in [-0.15, -0.1) is 0 Å². The average Bonchev–Trinajstić information content (AvgIpc) is 2.67. The van der Waals surface area contributed by atoms with Crippen LogP contribution in [-0.2, 0) is 4.79 Å². The molecule has 0 aliphatic carbocycles. The van der Waals surface area contributed by atoms with E-state index in [4.69, 9.17) is 11.6 Å². The molecule has 0 fully saturated rings. The highest BCUT2D eigenvalue weighted by Crippen LogP contribution is 2.34. The maximum absolute atomic E-state index is 11.9. The third-order valence-electron chi connectivity index (χ3n) is 2.76. The zero-order valence-corrected chi connectivity index (χ0v) is 10.1. The summed E-state index contributed by atoms with van der Waals surface area (Å²) in [5.41, 5.74) is 3.12. The summed E-state index contributed by atoms with van der Waals surface area (Å²) in [6.07, 6.45) is 5.22. The zero-order chi connectivity index (χ0) is 12.5. The van der Waals surface area contributed by atoms with Crippen LogP contribution in [0.2, 0.25) is 5.02 Å². The number of fused-ring (bicyclic) bond motifs is 1. The molecule has 4 heteroatoms. The van der Waals surface area contributed by atoms with Gasteiger partial charge in [-0.1, -0.05) is 17.7 Å². The molecule has 3 rings (SSSR count). The lowest BCUT2D eigenvalue weighted by atomic mass is 10.0. The number of benzene rings is 1. The minimum absolute atomic E-state index is 0.115. The van der Waals surface area contributed by atoms with Gasteiger partial charge in [0.1, 0.15) is 0 Å². The van der Waals surface area contributed by atoms with Crippen molar-refractivity contribution in [1.29, 1.82) is 0 Å². The summed E-state index contributed by atoms with van der Waals surface area (Å²) < 4.78 is 0. The number of hydrogen-bond donors (Lipinski definition) is 1. The molecule has 0 bridgehead atoms. The standard InChI is InChI=1S/C14H9ClN2O/c15-10-3-4-13-11(7-10)12(14(18)17-13)6-9-2-1-5-16-8-9/h1-8H,(H,17,18)/b12-6-. The third kappa shape index (κ3) is 1.89. The van der Waals surface area contributed by atoms with E-state index in [1.54, 1.807) is 30.6 Å². The molecule has 0 radical (unpaired) electrons. The number of carbonyl (C=O) groups excluding carboxylic acids is 1. The SMILES string of the molecule is O=C1Nc2ccc(Cl)cc2/C1=C/c1cccnc1. The Bertz CT molecular complexity index is 650. The Balaban J connectivity index is 2.12. The van der Waals surface area contributed by atoms with Gasteiger partial charge in [0.15, 0.2) is 0 Å².